The molecule has 0 aliphatic rings. The first kappa shape index (κ1) is 19.4. The lowest BCUT2D eigenvalue weighted by Gasteiger charge is -2.12. The number of aromatic nitrogens is 3. The number of methoxy groups -OCH3 is 1. The molecule has 0 amide bonds. The van der Waals surface area contributed by atoms with Crippen molar-refractivity contribution in [2.45, 2.75) is 13.8 Å². The molecule has 0 atom stereocenters. The predicted molar refractivity (Wildman–Crippen MR) is 113 cm³/mol. The minimum atomic E-state index is -0.153. The fraction of sp³-hybridized carbons (Fsp3) is 0.143. The molecule has 0 unspecified atom stereocenters. The van der Waals surface area contributed by atoms with Crippen molar-refractivity contribution in [3.05, 3.63) is 59.4 Å². The van der Waals surface area contributed by atoms with E-state index in [1.54, 1.807) is 4.57 Å². The highest BCUT2D eigenvalue weighted by Gasteiger charge is 2.18. The SMILES string of the molecule is CC.COc1cc(-c2n[nH]c(=S)n2-c2cccc3ccccc23)c(O)cc1O. The van der Waals surface area contributed by atoms with Crippen LogP contribution in [0, 0.1) is 4.77 Å². The zero-order chi connectivity index (χ0) is 20.3. The lowest BCUT2D eigenvalue weighted by Crippen LogP contribution is -1.99. The molecule has 0 bridgehead atoms. The molecular formula is C21H21N3O3S. The number of rotatable bonds is 3. The molecular weight excluding hydrogens is 374 g/mol. The van der Waals surface area contributed by atoms with Gasteiger partial charge in [0.2, 0.25) is 0 Å². The summed E-state index contributed by atoms with van der Waals surface area (Å²) < 4.78 is 7.30. The fourth-order valence-electron chi connectivity index (χ4n) is 3.00. The molecule has 1 heterocycles. The molecule has 3 aromatic carbocycles. The number of hydrogen-bond acceptors (Lipinski definition) is 5. The van der Waals surface area contributed by atoms with Gasteiger partial charge in [0, 0.05) is 11.5 Å². The number of H-pyrrole nitrogens is 1. The quantitative estimate of drug-likeness (QED) is 0.416. The number of phenols is 2. The fourth-order valence-corrected chi connectivity index (χ4v) is 3.23. The molecule has 0 saturated carbocycles. The Morgan fingerprint density at radius 2 is 1.71 bits per heavy atom. The molecule has 0 fully saturated rings. The molecule has 0 aliphatic heterocycles. The van der Waals surface area contributed by atoms with E-state index in [-0.39, 0.29) is 17.2 Å². The van der Waals surface area contributed by atoms with Gasteiger partial charge in [-0.2, -0.15) is 5.10 Å². The van der Waals surface area contributed by atoms with Crippen molar-refractivity contribution in [3.8, 4) is 34.3 Å². The number of benzene rings is 3. The highest BCUT2D eigenvalue weighted by molar-refractivity contribution is 7.71. The maximum Gasteiger partial charge on any atom is 0.200 e. The molecule has 6 nitrogen and oxygen atoms in total. The Bertz CT molecular complexity index is 1180. The number of hydrogen-bond donors (Lipinski definition) is 3. The van der Waals surface area contributed by atoms with E-state index in [0.717, 1.165) is 16.5 Å². The summed E-state index contributed by atoms with van der Waals surface area (Å²) in [5, 5.41) is 29.3. The summed E-state index contributed by atoms with van der Waals surface area (Å²) in [5.74, 6) is 0.372. The molecule has 7 heteroatoms. The number of ether oxygens (including phenoxy) is 1. The van der Waals surface area contributed by atoms with Crippen molar-refractivity contribution in [1.82, 2.24) is 14.8 Å². The van der Waals surface area contributed by atoms with Crippen LogP contribution in [-0.2, 0) is 0 Å². The van der Waals surface area contributed by atoms with Gasteiger partial charge in [-0.3, -0.25) is 9.67 Å². The topological polar surface area (TPSA) is 83.3 Å². The number of phenolic OH excluding ortho intramolecular Hbond substituents is 2. The Morgan fingerprint density at radius 1 is 1.00 bits per heavy atom. The van der Waals surface area contributed by atoms with Crippen LogP contribution in [0.1, 0.15) is 13.8 Å². The largest absolute Gasteiger partial charge is 0.507 e. The summed E-state index contributed by atoms with van der Waals surface area (Å²) in [6, 6.07) is 16.6. The molecule has 0 spiro atoms. The van der Waals surface area contributed by atoms with Gasteiger partial charge in [-0.1, -0.05) is 50.2 Å². The van der Waals surface area contributed by atoms with E-state index in [4.69, 9.17) is 17.0 Å². The van der Waals surface area contributed by atoms with E-state index in [2.05, 4.69) is 10.2 Å². The zero-order valence-electron chi connectivity index (χ0n) is 15.8. The Morgan fingerprint density at radius 3 is 2.46 bits per heavy atom. The molecule has 144 valence electrons. The molecule has 28 heavy (non-hydrogen) atoms. The summed E-state index contributed by atoms with van der Waals surface area (Å²) >= 11 is 5.43. The third-order valence-electron chi connectivity index (χ3n) is 4.22. The third-order valence-corrected chi connectivity index (χ3v) is 4.49. The number of fused-ring (bicyclic) bond motifs is 1. The lowest BCUT2D eigenvalue weighted by molar-refractivity contribution is 0.370. The first-order valence-corrected chi connectivity index (χ1v) is 9.27. The Labute approximate surface area is 167 Å². The predicted octanol–water partition coefficient (Wildman–Crippen LogP) is 5.20. The molecule has 0 radical (unpaired) electrons. The molecule has 0 saturated heterocycles. The smallest absolute Gasteiger partial charge is 0.200 e. The van der Waals surface area contributed by atoms with Gasteiger partial charge in [-0.25, -0.2) is 0 Å². The maximum absolute atomic E-state index is 10.3. The number of aromatic hydroxyl groups is 2. The van der Waals surface area contributed by atoms with Gasteiger partial charge in [0.05, 0.1) is 18.4 Å². The molecule has 0 aliphatic carbocycles. The summed E-state index contributed by atoms with van der Waals surface area (Å²) in [6.07, 6.45) is 0. The van der Waals surface area contributed by atoms with Crippen LogP contribution in [0.5, 0.6) is 17.2 Å². The Hall–Kier alpha value is -3.32. The third kappa shape index (κ3) is 3.32. The Balaban J connectivity index is 0.00000109. The van der Waals surface area contributed by atoms with Crippen molar-refractivity contribution >= 4 is 23.0 Å². The number of nitrogens with one attached hydrogen (secondary N) is 1. The maximum atomic E-state index is 10.3. The first-order chi connectivity index (χ1) is 13.6. The van der Waals surface area contributed by atoms with E-state index >= 15 is 0 Å². The van der Waals surface area contributed by atoms with E-state index in [1.165, 1.54) is 19.2 Å². The second kappa shape index (κ2) is 8.14. The highest BCUT2D eigenvalue weighted by Crippen LogP contribution is 2.39. The van der Waals surface area contributed by atoms with Gasteiger partial charge in [0.15, 0.2) is 22.1 Å². The normalized spacial score (nSPS) is 10.4. The van der Waals surface area contributed by atoms with Crippen LogP contribution < -0.4 is 4.74 Å². The second-order valence-corrected chi connectivity index (χ2v) is 6.11. The van der Waals surface area contributed by atoms with E-state index in [9.17, 15) is 10.2 Å². The van der Waals surface area contributed by atoms with Crippen LogP contribution in [0.3, 0.4) is 0 Å². The summed E-state index contributed by atoms with van der Waals surface area (Å²) in [5.41, 5.74) is 1.23. The van der Waals surface area contributed by atoms with Gasteiger partial charge in [0.25, 0.3) is 0 Å². The van der Waals surface area contributed by atoms with Crippen LogP contribution in [0.15, 0.2) is 54.6 Å². The average molecular weight is 395 g/mol. The van der Waals surface area contributed by atoms with Crippen molar-refractivity contribution in [1.29, 1.82) is 0 Å². The van der Waals surface area contributed by atoms with Crippen LogP contribution in [0.2, 0.25) is 0 Å². The van der Waals surface area contributed by atoms with Gasteiger partial charge in [-0.05, 0) is 29.7 Å². The van der Waals surface area contributed by atoms with E-state index in [0.29, 0.717) is 16.2 Å². The number of nitrogens with zero attached hydrogens (tertiary/aromatic N) is 2. The molecule has 4 rings (SSSR count). The molecule has 1 aromatic heterocycles. The summed E-state index contributed by atoms with van der Waals surface area (Å²) in [7, 11) is 1.44. The van der Waals surface area contributed by atoms with Crippen molar-refractivity contribution in [2.24, 2.45) is 0 Å². The molecule has 4 aromatic rings. The minimum absolute atomic E-state index is 0.126. The van der Waals surface area contributed by atoms with Crippen molar-refractivity contribution in [3.63, 3.8) is 0 Å². The molecule has 3 N–H and O–H groups in total. The van der Waals surface area contributed by atoms with E-state index in [1.807, 2.05) is 56.3 Å². The van der Waals surface area contributed by atoms with Crippen LogP contribution in [0.4, 0.5) is 0 Å². The van der Waals surface area contributed by atoms with Gasteiger partial charge >= 0.3 is 0 Å². The Kier molecular flexibility index (Phi) is 5.65. The monoisotopic (exact) mass is 395 g/mol. The standard InChI is InChI=1S/C19H15N3O3S.C2H6/c1-25-17-9-13(15(23)10-16(17)24)18-20-21-19(26)22(18)14-8-4-6-11-5-2-3-7-12(11)14;1-2/h2-10,23-24H,1H3,(H,21,26);1-2H3. The van der Waals surface area contributed by atoms with Gasteiger partial charge in [-0.15, -0.1) is 0 Å². The second-order valence-electron chi connectivity index (χ2n) is 5.73. The first-order valence-electron chi connectivity index (χ1n) is 8.86. The van der Waals surface area contributed by atoms with Crippen LogP contribution >= 0.6 is 12.2 Å². The average Bonchev–Trinajstić information content (AvgIpc) is 3.10. The summed E-state index contributed by atoms with van der Waals surface area (Å²) in [6.45, 7) is 4.00. The minimum Gasteiger partial charge on any atom is -0.507 e. The van der Waals surface area contributed by atoms with E-state index < -0.39 is 0 Å². The highest BCUT2D eigenvalue weighted by atomic mass is 32.1. The van der Waals surface area contributed by atoms with Gasteiger partial charge < -0.3 is 14.9 Å². The summed E-state index contributed by atoms with van der Waals surface area (Å²) in [4.78, 5) is 0. The van der Waals surface area contributed by atoms with Crippen LogP contribution in [-0.4, -0.2) is 32.1 Å². The van der Waals surface area contributed by atoms with Crippen molar-refractivity contribution in [2.75, 3.05) is 7.11 Å². The number of aromatic amines is 1. The van der Waals surface area contributed by atoms with Gasteiger partial charge in [0.1, 0.15) is 5.75 Å². The van der Waals surface area contributed by atoms with Crippen molar-refractivity contribution < 1.29 is 14.9 Å². The zero-order valence-corrected chi connectivity index (χ0v) is 16.6. The van der Waals surface area contributed by atoms with Crippen LogP contribution in [0.25, 0.3) is 27.8 Å². The lowest BCUT2D eigenvalue weighted by atomic mass is 10.1.